The van der Waals surface area contributed by atoms with Crippen molar-refractivity contribution in [1.82, 2.24) is 23.8 Å². The van der Waals surface area contributed by atoms with Crippen molar-refractivity contribution in [1.29, 1.82) is 0 Å². The first-order valence-electron chi connectivity index (χ1n) is 19.5. The standard InChI is InChI=1S/C42H48N5O11PS/c1-6-31-23-45(24-37(56-31)47-22-27(3)39(49)44-41(47)51)59(52,60)55-25-35-34(20-36(57-35)46-21-26(2)38(48)43-40(46)50)58-42(28-10-8-7-9-11-28,29-12-16-32(53-4)17-13-29)30-14-18-33(54-5)19-15-30/h7-19,21-22,31,34-37H,6,20,23-25H2,1-5H3,(H,52,60)(H,43,48,50)(H,44,49,51)/t31-,34?,35-,36-,37-,59-/m1/s1. The van der Waals surface area contributed by atoms with Gasteiger partial charge in [-0.1, -0.05) is 73.8 Å². The Labute approximate surface area is 350 Å². The monoisotopic (exact) mass is 861 g/mol. The van der Waals surface area contributed by atoms with Gasteiger partial charge in [0.15, 0.2) is 6.23 Å². The van der Waals surface area contributed by atoms with Crippen LogP contribution in [0.25, 0.3) is 0 Å². The van der Waals surface area contributed by atoms with E-state index in [-0.39, 0.29) is 26.1 Å². The molecule has 4 heterocycles. The summed E-state index contributed by atoms with van der Waals surface area (Å²) in [6.45, 7) is 0.922. The second kappa shape index (κ2) is 17.9. The molecule has 0 radical (unpaired) electrons. The summed E-state index contributed by atoms with van der Waals surface area (Å²) in [5.41, 5.74) is -0.800. The topological polar surface area (TPSA) is 185 Å². The van der Waals surface area contributed by atoms with E-state index >= 15 is 0 Å². The molecule has 0 saturated carbocycles. The van der Waals surface area contributed by atoms with Gasteiger partial charge in [0.25, 0.3) is 11.1 Å². The molecule has 3 aromatic carbocycles. The van der Waals surface area contributed by atoms with E-state index in [1.807, 2.05) is 85.8 Å². The first-order valence-corrected chi connectivity index (χ1v) is 22.2. The summed E-state index contributed by atoms with van der Waals surface area (Å²) in [4.78, 5) is 55.3. The maximum atomic E-state index is 14.6. The number of H-pyrrole nitrogens is 2. The Morgan fingerprint density at radius 2 is 1.27 bits per heavy atom. The van der Waals surface area contributed by atoms with Gasteiger partial charge in [0.1, 0.15) is 29.4 Å². The van der Waals surface area contributed by atoms with E-state index in [4.69, 9.17) is 28.2 Å². The lowest BCUT2D eigenvalue weighted by molar-refractivity contribution is -0.109. The molecule has 0 bridgehead atoms. The Kier molecular flexibility index (Phi) is 12.9. The van der Waals surface area contributed by atoms with Crippen molar-refractivity contribution in [2.75, 3.05) is 33.9 Å². The average molecular weight is 862 g/mol. The number of aromatic amines is 2. The second-order valence-corrected chi connectivity index (χ2v) is 18.1. The van der Waals surface area contributed by atoms with Crippen molar-refractivity contribution in [3.8, 4) is 11.5 Å². The third-order valence-corrected chi connectivity index (χ3v) is 13.6. The Bertz CT molecular complexity index is 2530. The summed E-state index contributed by atoms with van der Waals surface area (Å²) in [7, 11) is 3.18. The van der Waals surface area contributed by atoms with Gasteiger partial charge < -0.3 is 28.2 Å². The molecule has 1 unspecified atom stereocenters. The summed E-state index contributed by atoms with van der Waals surface area (Å²) < 4.78 is 56.2. The molecule has 18 heteroatoms. The zero-order chi connectivity index (χ0) is 42.8. The molecule has 318 valence electrons. The van der Waals surface area contributed by atoms with Crippen LogP contribution in [0.4, 0.5) is 0 Å². The Morgan fingerprint density at radius 1 is 0.750 bits per heavy atom. The highest BCUT2D eigenvalue weighted by Crippen LogP contribution is 2.57. The first kappa shape index (κ1) is 43.1. The van der Waals surface area contributed by atoms with Gasteiger partial charge in [-0.2, -0.15) is 0 Å². The number of aromatic nitrogens is 4. The third kappa shape index (κ3) is 8.75. The van der Waals surface area contributed by atoms with Crippen molar-refractivity contribution in [3.05, 3.63) is 161 Å². The van der Waals surface area contributed by atoms with Gasteiger partial charge in [-0.25, -0.2) is 14.3 Å². The number of thiol groups is 1. The van der Waals surface area contributed by atoms with Crippen LogP contribution in [0.15, 0.2) is 110 Å². The van der Waals surface area contributed by atoms with Crippen LogP contribution in [-0.2, 0) is 28.9 Å². The molecule has 2 aliphatic rings. The molecule has 2 N–H and O–H groups in total. The number of methoxy groups -OCH3 is 2. The quantitative estimate of drug-likeness (QED) is 0.0769. The van der Waals surface area contributed by atoms with Gasteiger partial charge in [-0.15, -0.1) is 0 Å². The largest absolute Gasteiger partial charge is 0.497 e. The van der Waals surface area contributed by atoms with Gasteiger partial charge in [-0.3, -0.25) is 33.3 Å². The highest BCUT2D eigenvalue weighted by atomic mass is 32.7. The van der Waals surface area contributed by atoms with E-state index in [0.717, 1.165) is 16.7 Å². The van der Waals surface area contributed by atoms with E-state index in [1.54, 1.807) is 28.1 Å². The molecule has 2 aliphatic heterocycles. The van der Waals surface area contributed by atoms with E-state index in [9.17, 15) is 23.7 Å². The molecule has 0 aliphatic carbocycles. The number of hydrogen-bond donors (Lipinski definition) is 3. The minimum atomic E-state index is -3.97. The number of ether oxygens (including phenoxy) is 5. The molecule has 2 saturated heterocycles. The van der Waals surface area contributed by atoms with Gasteiger partial charge >= 0.3 is 18.1 Å². The van der Waals surface area contributed by atoms with Crippen LogP contribution in [0, 0.1) is 13.8 Å². The molecule has 2 aromatic heterocycles. The molecule has 7 rings (SSSR count). The van der Waals surface area contributed by atoms with Crippen molar-refractivity contribution in [2.24, 2.45) is 0 Å². The van der Waals surface area contributed by atoms with Gasteiger partial charge in [-0.05, 0) is 61.2 Å². The van der Waals surface area contributed by atoms with E-state index < -0.39 is 65.6 Å². The fourth-order valence-corrected chi connectivity index (χ4v) is 9.51. The minimum absolute atomic E-state index is 0.0468. The zero-order valence-electron chi connectivity index (χ0n) is 33.8. The van der Waals surface area contributed by atoms with E-state index in [0.29, 0.717) is 29.0 Å². The minimum Gasteiger partial charge on any atom is -0.497 e. The third-order valence-electron chi connectivity index (χ3n) is 10.9. The van der Waals surface area contributed by atoms with E-state index in [1.165, 1.54) is 26.2 Å². The molecule has 0 amide bonds. The van der Waals surface area contributed by atoms with Crippen molar-refractivity contribution < 1.29 is 32.8 Å². The molecular weight excluding hydrogens is 814 g/mol. The summed E-state index contributed by atoms with van der Waals surface area (Å²) in [6.07, 6.45) is -0.596. The van der Waals surface area contributed by atoms with Gasteiger partial charge in [0.2, 0.25) is 0 Å². The smallest absolute Gasteiger partial charge is 0.330 e. The molecular formula is C42H48N5O11PS. The number of hydrogen-bond acceptors (Lipinski definition) is 11. The Balaban J connectivity index is 1.28. The first-order chi connectivity index (χ1) is 28.8. The fourth-order valence-electron chi connectivity index (χ4n) is 7.64. The SMILES string of the molecule is CC[C@@H]1CN([P@](=O)(S)OC[C@H]2O[C@@H](n3cc(C)c(=O)[nH]c3=O)CC2OC(c2ccccc2)(c2ccc(OC)cc2)c2ccc(OC)cc2)C[C@H](n2cc(C)c(=O)[nH]c2=O)O1. The average Bonchev–Trinajstić information content (AvgIpc) is 3.66. The fraction of sp³-hybridized carbons (Fsp3) is 0.381. The number of aryl methyl sites for hydroxylation is 2. The molecule has 2 fully saturated rings. The van der Waals surface area contributed by atoms with Crippen molar-refractivity contribution in [3.63, 3.8) is 0 Å². The Morgan fingerprint density at radius 3 is 1.78 bits per heavy atom. The Hall–Kier alpha value is -5.00. The predicted molar refractivity (Wildman–Crippen MR) is 226 cm³/mol. The molecule has 0 spiro atoms. The number of benzene rings is 3. The van der Waals surface area contributed by atoms with Crippen LogP contribution in [0.2, 0.25) is 0 Å². The molecule has 6 atom stereocenters. The van der Waals surface area contributed by atoms with Crippen LogP contribution < -0.4 is 32.0 Å². The lowest BCUT2D eigenvalue weighted by Crippen LogP contribution is -2.47. The van der Waals surface area contributed by atoms with Crippen LogP contribution in [0.5, 0.6) is 11.5 Å². The lowest BCUT2D eigenvalue weighted by atomic mass is 9.79. The number of rotatable bonds is 14. The van der Waals surface area contributed by atoms with Crippen LogP contribution in [-0.4, -0.2) is 76.0 Å². The van der Waals surface area contributed by atoms with Gasteiger partial charge in [0, 0.05) is 36.5 Å². The van der Waals surface area contributed by atoms with Crippen molar-refractivity contribution in [2.45, 2.75) is 70.0 Å². The highest BCUT2D eigenvalue weighted by molar-refractivity contribution is 8.45. The summed E-state index contributed by atoms with van der Waals surface area (Å²) >= 11 is 4.60. The predicted octanol–water partition coefficient (Wildman–Crippen LogP) is 5.05. The summed E-state index contributed by atoms with van der Waals surface area (Å²) in [6, 6.07) is 24.7. The normalized spacial score (nSPS) is 22.0. The van der Waals surface area contributed by atoms with Crippen molar-refractivity contribution >= 4 is 19.0 Å². The second-order valence-electron chi connectivity index (χ2n) is 14.8. The van der Waals surface area contributed by atoms with Gasteiger partial charge in [0.05, 0.1) is 39.6 Å². The maximum absolute atomic E-state index is 14.6. The molecule has 16 nitrogen and oxygen atoms in total. The number of nitrogens with one attached hydrogen (secondary N) is 2. The zero-order valence-corrected chi connectivity index (χ0v) is 35.6. The number of nitrogens with zero attached hydrogens (tertiary/aromatic N) is 3. The van der Waals surface area contributed by atoms with E-state index in [2.05, 4.69) is 22.2 Å². The van der Waals surface area contributed by atoms with Crippen LogP contribution >= 0.6 is 19.0 Å². The lowest BCUT2D eigenvalue weighted by Gasteiger charge is -2.40. The maximum Gasteiger partial charge on any atom is 0.330 e. The highest BCUT2D eigenvalue weighted by Gasteiger charge is 2.48. The number of morpholine rings is 1. The molecule has 60 heavy (non-hydrogen) atoms. The van der Waals surface area contributed by atoms with Crippen LogP contribution in [0.3, 0.4) is 0 Å². The van der Waals surface area contributed by atoms with Crippen LogP contribution in [0.1, 0.15) is 60.0 Å². The summed E-state index contributed by atoms with van der Waals surface area (Å²) in [5, 5.41) is 0. The molecule has 5 aromatic rings. The summed E-state index contributed by atoms with van der Waals surface area (Å²) in [5.74, 6) is 1.28.